The van der Waals surface area contributed by atoms with Crippen LogP contribution >= 0.6 is 71.5 Å². The predicted molar refractivity (Wildman–Crippen MR) is 304 cm³/mol. The van der Waals surface area contributed by atoms with Crippen LogP contribution in [0.15, 0.2) is 0 Å². The molecule has 0 aliphatic carbocycles. The third-order valence-electron chi connectivity index (χ3n) is 11.9. The first-order chi connectivity index (χ1) is 33.8. The highest BCUT2D eigenvalue weighted by Gasteiger charge is 2.39. The molecule has 0 aromatic heterocycles. The maximum absolute atomic E-state index is 14.0. The highest BCUT2D eigenvalue weighted by molar-refractivity contribution is 8.48. The molecular weight excluding hydrogens is 1020 g/mol. The largest absolute Gasteiger partial charge is 0.465 e. The number of carbonyl (C=O) groups is 6. The second-order valence-corrected chi connectivity index (χ2v) is 26.2. The van der Waals surface area contributed by atoms with Gasteiger partial charge in [-0.25, -0.2) is 0 Å². The highest BCUT2D eigenvalue weighted by atomic mass is 32.2. The van der Waals surface area contributed by atoms with E-state index in [1.807, 2.05) is 41.5 Å². The summed E-state index contributed by atoms with van der Waals surface area (Å²) in [6, 6.07) is 0. The van der Waals surface area contributed by atoms with Crippen molar-refractivity contribution in [2.24, 2.45) is 22.7 Å². The number of esters is 6. The zero-order valence-corrected chi connectivity index (χ0v) is 50.1. The summed E-state index contributed by atoms with van der Waals surface area (Å²) in [5.74, 6) is -1.87. The molecule has 0 radical (unpaired) electrons. The Morgan fingerprint density at radius 1 is 0.423 bits per heavy atom. The van der Waals surface area contributed by atoms with Gasteiger partial charge in [-0.1, -0.05) is 115 Å². The van der Waals surface area contributed by atoms with Crippen LogP contribution in [0.4, 0.5) is 0 Å². The molecule has 0 spiro atoms. The number of rotatable bonds is 42. The van der Waals surface area contributed by atoms with Crippen molar-refractivity contribution in [3.05, 3.63) is 0 Å². The number of thiocarbonyl (C=S) groups is 2. The fourth-order valence-electron chi connectivity index (χ4n) is 6.58. The Balaban J connectivity index is 5.58. The summed E-state index contributed by atoms with van der Waals surface area (Å²) in [6.45, 7) is 20.9. The van der Waals surface area contributed by atoms with E-state index < -0.39 is 51.1 Å². The number of thioether (sulfide) groups is 4. The molecule has 0 heterocycles. The van der Waals surface area contributed by atoms with E-state index in [0.717, 1.165) is 82.1 Å². The van der Waals surface area contributed by atoms with Gasteiger partial charge in [0.2, 0.25) is 0 Å². The molecule has 0 saturated heterocycles. The smallest absolute Gasteiger partial charge is 0.319 e. The average molecular weight is 1110 g/mol. The molecule has 0 aromatic rings. The summed E-state index contributed by atoms with van der Waals surface area (Å²) in [5, 5.41) is -1.35. The van der Waals surface area contributed by atoms with Gasteiger partial charge in [-0.05, 0) is 148 Å². The zero-order valence-electron chi connectivity index (χ0n) is 45.2. The molecule has 0 rings (SSSR count). The molecule has 12 nitrogen and oxygen atoms in total. The SMILES string of the molecule is CCCCOC(=O)C(CC(CC)C(=O)OCCCCCCOC(=O)C(CC(SC(=S)SCCCC)C(=O)OCCCC)CC(C)(C)C(=O)OCCCCCCOC(=O)C(C)(C)CC)SC(=S)SCCCC. The minimum Gasteiger partial charge on any atom is -0.465 e. The van der Waals surface area contributed by atoms with Crippen molar-refractivity contribution < 1.29 is 57.2 Å². The van der Waals surface area contributed by atoms with Gasteiger partial charge >= 0.3 is 35.8 Å². The first kappa shape index (κ1) is 69.4. The van der Waals surface area contributed by atoms with E-state index in [2.05, 4.69) is 13.8 Å². The van der Waals surface area contributed by atoms with E-state index in [-0.39, 0.29) is 63.6 Å². The maximum Gasteiger partial charge on any atom is 0.319 e. The Morgan fingerprint density at radius 2 is 0.761 bits per heavy atom. The highest BCUT2D eigenvalue weighted by Crippen LogP contribution is 2.36. The van der Waals surface area contributed by atoms with Crippen molar-refractivity contribution in [1.29, 1.82) is 0 Å². The molecule has 4 unspecified atom stereocenters. The van der Waals surface area contributed by atoms with Crippen molar-refractivity contribution in [3.8, 4) is 0 Å². The van der Waals surface area contributed by atoms with E-state index in [4.69, 9.17) is 52.9 Å². The number of unbranched alkanes of at least 4 members (excludes halogenated alkanes) is 10. The number of carbonyl (C=O) groups excluding carboxylic acids is 6. The van der Waals surface area contributed by atoms with Crippen LogP contribution in [0.2, 0.25) is 0 Å². The summed E-state index contributed by atoms with van der Waals surface area (Å²) in [4.78, 5) is 79.6. The molecule has 18 heteroatoms. The molecule has 0 aromatic carbocycles. The minimum absolute atomic E-state index is 0.0772. The molecular formula is C53H92O12S6. The molecule has 71 heavy (non-hydrogen) atoms. The predicted octanol–water partition coefficient (Wildman–Crippen LogP) is 14.1. The van der Waals surface area contributed by atoms with Crippen molar-refractivity contribution in [1.82, 2.24) is 0 Å². The molecule has 0 aliphatic rings. The number of hydrogen-bond donors (Lipinski definition) is 0. The molecule has 0 amide bonds. The van der Waals surface area contributed by atoms with Crippen LogP contribution < -0.4 is 0 Å². The van der Waals surface area contributed by atoms with Gasteiger partial charge in [-0.3, -0.25) is 28.8 Å². The number of ether oxygens (including phenoxy) is 6. The third-order valence-corrected chi connectivity index (χ3v) is 17.6. The lowest BCUT2D eigenvalue weighted by atomic mass is 9.81. The number of hydrogen-bond acceptors (Lipinski definition) is 18. The molecule has 0 saturated carbocycles. The van der Waals surface area contributed by atoms with E-state index >= 15 is 0 Å². The Kier molecular flexibility index (Phi) is 41.6. The summed E-state index contributed by atoms with van der Waals surface area (Å²) in [7, 11) is 0. The summed E-state index contributed by atoms with van der Waals surface area (Å²) in [6.07, 6.45) is 14.6. The Labute approximate surface area is 457 Å². The van der Waals surface area contributed by atoms with E-state index in [0.29, 0.717) is 65.2 Å². The average Bonchev–Trinajstić information content (AvgIpc) is 3.33. The van der Waals surface area contributed by atoms with Crippen LogP contribution in [-0.4, -0.2) is 105 Å². The Morgan fingerprint density at radius 3 is 1.14 bits per heavy atom. The second-order valence-electron chi connectivity index (χ2n) is 19.2. The monoisotopic (exact) mass is 1110 g/mol. The summed E-state index contributed by atoms with van der Waals surface area (Å²) >= 11 is 16.9. The Hall–Kier alpha value is -1.60. The van der Waals surface area contributed by atoms with Crippen LogP contribution in [0.1, 0.15) is 204 Å². The van der Waals surface area contributed by atoms with Crippen LogP contribution in [0.25, 0.3) is 0 Å². The third kappa shape index (κ3) is 33.8. The van der Waals surface area contributed by atoms with Gasteiger partial charge in [0.15, 0.2) is 0 Å². The fraction of sp³-hybridized carbons (Fsp3) is 0.849. The fourth-order valence-corrected chi connectivity index (χ4v) is 12.2. The lowest BCUT2D eigenvalue weighted by Crippen LogP contribution is -2.35. The molecule has 0 N–H and O–H groups in total. The molecule has 0 fully saturated rings. The first-order valence-corrected chi connectivity index (χ1v) is 31.1. The van der Waals surface area contributed by atoms with Crippen LogP contribution in [0, 0.1) is 22.7 Å². The van der Waals surface area contributed by atoms with Gasteiger partial charge in [0, 0.05) is 0 Å². The van der Waals surface area contributed by atoms with Crippen molar-refractivity contribution in [2.75, 3.05) is 51.1 Å². The normalized spacial score (nSPS) is 13.3. The summed E-state index contributed by atoms with van der Waals surface area (Å²) in [5.41, 5.74) is -1.58. The second kappa shape index (κ2) is 42.6. The van der Waals surface area contributed by atoms with Crippen LogP contribution in [0.3, 0.4) is 0 Å². The van der Waals surface area contributed by atoms with Gasteiger partial charge < -0.3 is 28.4 Å². The molecule has 0 aliphatic heterocycles. The zero-order chi connectivity index (χ0) is 53.5. The van der Waals surface area contributed by atoms with Gasteiger partial charge in [0.25, 0.3) is 0 Å². The topological polar surface area (TPSA) is 158 Å². The van der Waals surface area contributed by atoms with E-state index in [1.54, 1.807) is 25.6 Å². The van der Waals surface area contributed by atoms with Crippen LogP contribution in [-0.2, 0) is 57.2 Å². The van der Waals surface area contributed by atoms with Crippen molar-refractivity contribution >= 4 is 114 Å². The quantitative estimate of drug-likeness (QED) is 0.0246. The maximum atomic E-state index is 14.0. The van der Waals surface area contributed by atoms with Gasteiger partial charge in [-0.2, -0.15) is 0 Å². The minimum atomic E-state index is -1.08. The van der Waals surface area contributed by atoms with E-state index in [1.165, 1.54) is 35.3 Å². The molecule has 412 valence electrons. The van der Waals surface area contributed by atoms with Crippen molar-refractivity contribution in [2.45, 2.75) is 215 Å². The summed E-state index contributed by atoms with van der Waals surface area (Å²) < 4.78 is 35.2. The van der Waals surface area contributed by atoms with Crippen LogP contribution in [0.5, 0.6) is 0 Å². The lowest BCUT2D eigenvalue weighted by Gasteiger charge is -2.28. The standard InChI is InChI=1S/C53H92O12S6/c1-11-17-29-62-46(56)42(70-50(66)68-35-19-13-3)37-40(15-5)44(54)60-31-25-21-22-26-32-61-45(55)41(38-43(47(57)63-30-18-12-2)71-51(67)69-36-20-14-4)39-53(9,10)49(59)65-34-28-24-23-27-33-64-48(58)52(7,8)16-6/h40-43H,11-39H2,1-10H3. The lowest BCUT2D eigenvalue weighted by molar-refractivity contribution is -0.159. The van der Waals surface area contributed by atoms with Gasteiger partial charge in [0.1, 0.15) is 17.6 Å². The molecule has 0 bridgehead atoms. The first-order valence-electron chi connectivity index (χ1n) is 26.5. The van der Waals surface area contributed by atoms with Gasteiger partial charge in [0.05, 0.1) is 62.3 Å². The Bertz CT molecular complexity index is 1540. The van der Waals surface area contributed by atoms with Crippen molar-refractivity contribution in [3.63, 3.8) is 0 Å². The van der Waals surface area contributed by atoms with E-state index in [9.17, 15) is 28.8 Å². The van der Waals surface area contributed by atoms with Gasteiger partial charge in [-0.15, -0.1) is 23.5 Å². The molecule has 4 atom stereocenters.